The van der Waals surface area contributed by atoms with Crippen LogP contribution in [0.15, 0.2) is 91.1 Å². The molecule has 3 heteroatoms. The largest absolute Gasteiger partial charge is 0.294 e. The fraction of sp³-hybridized carbons (Fsp3) is 0.207. The Morgan fingerprint density at radius 1 is 0.906 bits per heavy atom. The van der Waals surface area contributed by atoms with Crippen LogP contribution in [0.25, 0.3) is 10.8 Å². The zero-order valence-electron chi connectivity index (χ0n) is 17.7. The van der Waals surface area contributed by atoms with Gasteiger partial charge in [-0.25, -0.2) is 0 Å². The van der Waals surface area contributed by atoms with Gasteiger partial charge in [-0.1, -0.05) is 66.7 Å². The Kier molecular flexibility index (Phi) is 4.07. The first kappa shape index (κ1) is 19.0. The quantitative estimate of drug-likeness (QED) is 0.374. The minimum absolute atomic E-state index is 0.00274. The molecule has 1 aromatic heterocycles. The summed E-state index contributed by atoms with van der Waals surface area (Å²) in [5.74, 6) is 0.219. The van der Waals surface area contributed by atoms with E-state index in [0.29, 0.717) is 5.56 Å². The predicted molar refractivity (Wildman–Crippen MR) is 124 cm³/mol. The molecule has 0 amide bonds. The number of nitriles is 1. The lowest BCUT2D eigenvalue weighted by molar-refractivity contribution is 0.0537. The lowest BCUT2D eigenvalue weighted by atomic mass is 9.54. The van der Waals surface area contributed by atoms with Crippen molar-refractivity contribution in [3.63, 3.8) is 0 Å². The van der Waals surface area contributed by atoms with E-state index >= 15 is 0 Å². The summed E-state index contributed by atoms with van der Waals surface area (Å²) in [7, 11) is 0. The van der Waals surface area contributed by atoms with Crippen molar-refractivity contribution >= 4 is 16.6 Å². The molecule has 0 spiro atoms. The topological polar surface area (TPSA) is 53.8 Å². The van der Waals surface area contributed by atoms with Crippen LogP contribution < -0.4 is 0 Å². The molecule has 3 aliphatic rings. The summed E-state index contributed by atoms with van der Waals surface area (Å²) in [5, 5.41) is 11.6. The molecule has 2 bridgehead atoms. The maximum atomic E-state index is 14.1. The van der Waals surface area contributed by atoms with Crippen LogP contribution >= 0.6 is 0 Å². The second-order valence-corrected chi connectivity index (χ2v) is 9.38. The standard InChI is InChI=1S/C29H22N2O/c30-17-20-12-13-31-26(14-20)25-16-28(24-8-2-1-3-9-24)18-29(25,19-28)27(32)23-11-10-21-6-4-5-7-22(21)15-23/h1-15,25H,16,18-19H2. The van der Waals surface area contributed by atoms with E-state index < -0.39 is 5.41 Å². The molecule has 154 valence electrons. The number of aromatic nitrogens is 1. The number of fused-ring (bicyclic) bond motifs is 2. The Bertz CT molecular complexity index is 1390. The van der Waals surface area contributed by atoms with Gasteiger partial charge in [-0.15, -0.1) is 0 Å². The molecule has 1 atom stereocenters. The van der Waals surface area contributed by atoms with Crippen molar-refractivity contribution in [3.8, 4) is 6.07 Å². The van der Waals surface area contributed by atoms with Gasteiger partial charge in [0.2, 0.25) is 0 Å². The van der Waals surface area contributed by atoms with E-state index in [2.05, 4.69) is 47.5 Å². The first-order chi connectivity index (χ1) is 15.6. The molecular weight excluding hydrogens is 392 g/mol. The summed E-state index contributed by atoms with van der Waals surface area (Å²) in [6.07, 6.45) is 4.25. The fourth-order valence-electron chi connectivity index (χ4n) is 6.28. The molecule has 3 saturated carbocycles. The van der Waals surface area contributed by atoms with Gasteiger partial charge < -0.3 is 0 Å². The van der Waals surface area contributed by atoms with E-state index in [-0.39, 0.29) is 17.1 Å². The lowest BCUT2D eigenvalue weighted by Crippen LogP contribution is -2.47. The van der Waals surface area contributed by atoms with Gasteiger partial charge in [-0.05, 0) is 59.2 Å². The number of Topliss-reactive ketones (excluding diaryl/α,β-unsaturated/α-hetero) is 1. The Labute approximate surface area is 187 Å². The van der Waals surface area contributed by atoms with E-state index in [4.69, 9.17) is 0 Å². The molecule has 1 heterocycles. The zero-order chi connectivity index (χ0) is 21.8. The van der Waals surface area contributed by atoms with Crippen LogP contribution in [0, 0.1) is 16.7 Å². The highest BCUT2D eigenvalue weighted by molar-refractivity contribution is 6.05. The van der Waals surface area contributed by atoms with Crippen LogP contribution in [0.5, 0.6) is 0 Å². The molecule has 0 N–H and O–H groups in total. The van der Waals surface area contributed by atoms with Gasteiger partial charge >= 0.3 is 0 Å². The first-order valence-electron chi connectivity index (χ1n) is 11.1. The summed E-state index contributed by atoms with van der Waals surface area (Å²) in [5.41, 5.74) is 3.08. The van der Waals surface area contributed by atoms with Crippen molar-refractivity contribution in [2.24, 2.45) is 5.41 Å². The molecule has 3 aliphatic carbocycles. The van der Waals surface area contributed by atoms with Gasteiger partial charge in [0.25, 0.3) is 0 Å². The van der Waals surface area contributed by atoms with Crippen LogP contribution in [0.2, 0.25) is 0 Å². The number of carbonyl (C=O) groups is 1. The van der Waals surface area contributed by atoms with Crippen molar-refractivity contribution in [2.75, 3.05) is 0 Å². The molecule has 4 aromatic rings. The molecule has 0 aliphatic heterocycles. The molecule has 7 rings (SSSR count). The summed E-state index contributed by atoms with van der Waals surface area (Å²) < 4.78 is 0. The maximum Gasteiger partial charge on any atom is 0.169 e. The van der Waals surface area contributed by atoms with Crippen LogP contribution in [0.4, 0.5) is 0 Å². The van der Waals surface area contributed by atoms with Crippen LogP contribution in [0.3, 0.4) is 0 Å². The number of rotatable bonds is 4. The van der Waals surface area contributed by atoms with Crippen molar-refractivity contribution in [1.82, 2.24) is 4.98 Å². The minimum atomic E-state index is -0.473. The molecule has 3 aromatic carbocycles. The van der Waals surface area contributed by atoms with Crippen molar-refractivity contribution in [2.45, 2.75) is 30.6 Å². The third kappa shape index (κ3) is 2.66. The summed E-state index contributed by atoms with van der Waals surface area (Å²) in [6.45, 7) is 0. The van der Waals surface area contributed by atoms with Gasteiger partial charge in [0.05, 0.1) is 11.6 Å². The highest BCUT2D eigenvalue weighted by Gasteiger charge is 2.70. The van der Waals surface area contributed by atoms with Crippen LogP contribution in [0.1, 0.15) is 52.4 Å². The second kappa shape index (κ2) is 6.87. The number of carbonyl (C=O) groups excluding carboxylic acids is 1. The van der Waals surface area contributed by atoms with Crippen LogP contribution in [-0.2, 0) is 5.41 Å². The average Bonchev–Trinajstić information content (AvgIpc) is 3.37. The molecule has 0 radical (unpaired) electrons. The Morgan fingerprint density at radius 3 is 2.44 bits per heavy atom. The molecule has 3 fully saturated rings. The van der Waals surface area contributed by atoms with Crippen molar-refractivity contribution < 1.29 is 4.79 Å². The fourth-order valence-corrected chi connectivity index (χ4v) is 6.28. The Balaban J connectivity index is 1.45. The number of hydrogen-bond donors (Lipinski definition) is 0. The molecule has 3 nitrogen and oxygen atoms in total. The minimum Gasteiger partial charge on any atom is -0.294 e. The number of hydrogen-bond acceptors (Lipinski definition) is 3. The summed E-state index contributed by atoms with van der Waals surface area (Å²) in [6, 6.07) is 30.6. The van der Waals surface area contributed by atoms with Gasteiger partial charge in [-0.2, -0.15) is 5.26 Å². The van der Waals surface area contributed by atoms with Crippen LogP contribution in [-0.4, -0.2) is 10.8 Å². The number of pyridine rings is 1. The van der Waals surface area contributed by atoms with E-state index in [1.807, 2.05) is 42.5 Å². The molecule has 32 heavy (non-hydrogen) atoms. The zero-order valence-corrected chi connectivity index (χ0v) is 17.7. The highest BCUT2D eigenvalue weighted by Crippen LogP contribution is 2.73. The Hall–Kier alpha value is -3.77. The summed E-state index contributed by atoms with van der Waals surface area (Å²) in [4.78, 5) is 18.7. The molecule has 0 saturated heterocycles. The van der Waals surface area contributed by atoms with E-state index in [9.17, 15) is 10.1 Å². The average molecular weight is 415 g/mol. The highest BCUT2D eigenvalue weighted by atomic mass is 16.1. The molecular formula is C29H22N2O. The number of nitrogens with zero attached hydrogens (tertiary/aromatic N) is 2. The smallest absolute Gasteiger partial charge is 0.169 e. The third-order valence-corrected chi connectivity index (χ3v) is 7.69. The first-order valence-corrected chi connectivity index (χ1v) is 11.1. The SMILES string of the molecule is N#Cc1ccnc(C2CC3(c4ccccc4)CC2(C(=O)c2ccc4ccccc4c2)C3)c1. The van der Waals surface area contributed by atoms with E-state index in [1.165, 1.54) is 5.56 Å². The molecule has 1 unspecified atom stereocenters. The summed E-state index contributed by atoms with van der Waals surface area (Å²) >= 11 is 0. The third-order valence-electron chi connectivity index (χ3n) is 7.69. The van der Waals surface area contributed by atoms with Gasteiger partial charge in [0.1, 0.15) is 0 Å². The number of ketones is 1. The van der Waals surface area contributed by atoms with E-state index in [0.717, 1.165) is 41.3 Å². The maximum absolute atomic E-state index is 14.1. The van der Waals surface area contributed by atoms with Gasteiger partial charge in [0, 0.05) is 28.8 Å². The lowest BCUT2D eigenvalue weighted by Gasteiger charge is -2.48. The van der Waals surface area contributed by atoms with E-state index in [1.54, 1.807) is 12.3 Å². The monoisotopic (exact) mass is 414 g/mol. The Morgan fingerprint density at radius 2 is 1.66 bits per heavy atom. The van der Waals surface area contributed by atoms with Crippen molar-refractivity contribution in [3.05, 3.63) is 114 Å². The normalized spacial score (nSPS) is 25.8. The second-order valence-electron chi connectivity index (χ2n) is 9.38. The van der Waals surface area contributed by atoms with Gasteiger partial charge in [0.15, 0.2) is 5.78 Å². The van der Waals surface area contributed by atoms with Crippen molar-refractivity contribution in [1.29, 1.82) is 5.26 Å². The number of benzene rings is 3. The van der Waals surface area contributed by atoms with Gasteiger partial charge in [-0.3, -0.25) is 9.78 Å². The predicted octanol–water partition coefficient (Wildman–Crippen LogP) is 6.19.